The van der Waals surface area contributed by atoms with E-state index in [9.17, 15) is 26.4 Å². The van der Waals surface area contributed by atoms with Crippen LogP contribution in [0.4, 0.5) is 13.2 Å². The Bertz CT molecular complexity index is 670. The predicted octanol–water partition coefficient (Wildman–Crippen LogP) is 2.08. The number of methoxy groups -OCH3 is 1. The monoisotopic (exact) mass is 362 g/mol. The number of esters is 1. The molecule has 0 amide bonds. The molecule has 0 saturated carbocycles. The molecule has 1 heterocycles. The Balaban J connectivity index is 3.28. The van der Waals surface area contributed by atoms with Gasteiger partial charge in [0, 0.05) is 13.2 Å². The van der Waals surface area contributed by atoms with Gasteiger partial charge in [0.15, 0.2) is 0 Å². The van der Waals surface area contributed by atoms with Gasteiger partial charge in [0.05, 0.1) is 12.1 Å². The van der Waals surface area contributed by atoms with Crippen LogP contribution in [0.3, 0.4) is 0 Å². The molecule has 0 saturated heterocycles. The summed E-state index contributed by atoms with van der Waals surface area (Å²) in [5, 5.41) is -0.501. The maximum Gasteiger partial charge on any atom is 0.404 e. The summed E-state index contributed by atoms with van der Waals surface area (Å²) in [6.45, 7) is 1.19. The number of aryl methyl sites for hydroxylation is 1. The normalized spacial score (nSPS) is 14.0. The Morgan fingerprint density at radius 3 is 2.45 bits per heavy atom. The molecule has 0 aliphatic heterocycles. The molecule has 0 aliphatic rings. The minimum atomic E-state index is -4.74. The number of ether oxygens (including phenoxy) is 1. The van der Waals surface area contributed by atoms with Crippen LogP contribution in [0.15, 0.2) is 11.1 Å². The van der Waals surface area contributed by atoms with Crippen LogP contribution in [0.1, 0.15) is 23.8 Å². The molecule has 126 valence electrons. The Hall–Kier alpha value is -1.26. The van der Waals surface area contributed by atoms with Crippen molar-refractivity contribution in [1.82, 2.24) is 9.29 Å². The van der Waals surface area contributed by atoms with E-state index in [2.05, 4.69) is 4.74 Å². The van der Waals surface area contributed by atoms with Gasteiger partial charge in [-0.3, -0.25) is 0 Å². The van der Waals surface area contributed by atoms with Crippen molar-refractivity contribution in [2.45, 2.75) is 30.5 Å². The summed E-state index contributed by atoms with van der Waals surface area (Å²) in [6.07, 6.45) is -4.29. The minimum absolute atomic E-state index is 0.274. The number of nitrogens with one attached hydrogen (secondary N) is 1. The summed E-state index contributed by atoms with van der Waals surface area (Å²) in [7, 11) is -2.18. The average molecular weight is 363 g/mol. The van der Waals surface area contributed by atoms with Crippen LogP contribution in [0.25, 0.3) is 0 Å². The molecule has 0 fully saturated rings. The summed E-state index contributed by atoms with van der Waals surface area (Å²) in [6, 6.07) is -2.25. The smallest absolute Gasteiger partial charge is 0.404 e. The van der Waals surface area contributed by atoms with Gasteiger partial charge in [-0.05, 0) is 6.42 Å². The Kier molecular flexibility index (Phi) is 5.52. The highest BCUT2D eigenvalue weighted by Gasteiger charge is 2.42. The second kappa shape index (κ2) is 6.47. The Morgan fingerprint density at radius 2 is 2.05 bits per heavy atom. The van der Waals surface area contributed by atoms with Crippen molar-refractivity contribution < 1.29 is 31.1 Å². The summed E-state index contributed by atoms with van der Waals surface area (Å²) in [5.74, 6) is -0.906. The highest BCUT2D eigenvalue weighted by Crippen LogP contribution is 2.30. The van der Waals surface area contributed by atoms with E-state index in [1.54, 1.807) is 0 Å². The van der Waals surface area contributed by atoms with Crippen molar-refractivity contribution in [2.75, 3.05) is 7.11 Å². The number of rotatable bonds is 5. The third-order valence-corrected chi connectivity index (χ3v) is 4.83. The number of hydrogen-bond donors (Lipinski definition) is 1. The Morgan fingerprint density at radius 1 is 1.50 bits per heavy atom. The van der Waals surface area contributed by atoms with Crippen LogP contribution >= 0.6 is 11.6 Å². The summed E-state index contributed by atoms with van der Waals surface area (Å²) in [5.41, 5.74) is -0.274. The second-order valence-corrected chi connectivity index (χ2v) is 6.44. The molecule has 11 heteroatoms. The molecule has 0 aromatic carbocycles. The van der Waals surface area contributed by atoms with E-state index in [-0.39, 0.29) is 5.69 Å². The number of aromatic nitrogens is 1. The summed E-state index contributed by atoms with van der Waals surface area (Å²) < 4.78 is 69.3. The zero-order valence-corrected chi connectivity index (χ0v) is 13.4. The zero-order chi connectivity index (χ0) is 17.3. The summed E-state index contributed by atoms with van der Waals surface area (Å²) >= 11 is 5.81. The van der Waals surface area contributed by atoms with E-state index < -0.39 is 44.5 Å². The standard InChI is InChI=1S/C11H14ClF3N2O4S/c1-4-7(11(13,14)15)16-22(19,20)6-5-17(2)9(8(6)12)10(18)21-3/h5,7,16H,4H2,1-3H3/t7-/m1/s1. The third kappa shape index (κ3) is 3.73. The topological polar surface area (TPSA) is 77.4 Å². The van der Waals surface area contributed by atoms with Crippen LogP contribution < -0.4 is 4.72 Å². The molecular formula is C11H14ClF3N2O4S. The SMILES string of the molecule is CC[C@@H](NS(=O)(=O)c1cn(C)c(C(=O)OC)c1Cl)C(F)(F)F. The van der Waals surface area contributed by atoms with Crippen molar-refractivity contribution in [1.29, 1.82) is 0 Å². The molecule has 0 aliphatic carbocycles. The molecule has 0 radical (unpaired) electrons. The fourth-order valence-corrected chi connectivity index (χ4v) is 3.71. The number of carbonyl (C=O) groups excluding carboxylic acids is 1. The predicted molar refractivity (Wildman–Crippen MR) is 72.2 cm³/mol. The van der Waals surface area contributed by atoms with Crippen molar-refractivity contribution in [2.24, 2.45) is 7.05 Å². The van der Waals surface area contributed by atoms with Gasteiger partial charge in [0.1, 0.15) is 16.6 Å². The molecule has 0 spiro atoms. The van der Waals surface area contributed by atoms with Gasteiger partial charge in [0.25, 0.3) is 0 Å². The zero-order valence-electron chi connectivity index (χ0n) is 11.9. The van der Waals surface area contributed by atoms with E-state index in [0.717, 1.165) is 17.9 Å². The fourth-order valence-electron chi connectivity index (χ4n) is 1.72. The number of carbonyl (C=O) groups is 1. The fraction of sp³-hybridized carbons (Fsp3) is 0.545. The van der Waals surface area contributed by atoms with E-state index in [0.29, 0.717) is 0 Å². The lowest BCUT2D eigenvalue weighted by Crippen LogP contribution is -2.44. The number of sulfonamides is 1. The van der Waals surface area contributed by atoms with E-state index in [4.69, 9.17) is 11.6 Å². The molecule has 1 aromatic rings. The first-order valence-corrected chi connectivity index (χ1v) is 7.84. The van der Waals surface area contributed by atoms with Gasteiger partial charge in [0.2, 0.25) is 10.0 Å². The Labute approximate surface area is 130 Å². The lowest BCUT2D eigenvalue weighted by atomic mass is 10.2. The van der Waals surface area contributed by atoms with Crippen LogP contribution in [-0.2, 0) is 21.8 Å². The molecule has 22 heavy (non-hydrogen) atoms. The van der Waals surface area contributed by atoms with Gasteiger partial charge < -0.3 is 9.30 Å². The van der Waals surface area contributed by atoms with Gasteiger partial charge in [-0.1, -0.05) is 18.5 Å². The first kappa shape index (κ1) is 18.8. The van der Waals surface area contributed by atoms with E-state index >= 15 is 0 Å². The lowest BCUT2D eigenvalue weighted by molar-refractivity contribution is -0.151. The quantitative estimate of drug-likeness (QED) is 0.814. The molecule has 6 nitrogen and oxygen atoms in total. The molecular weight excluding hydrogens is 349 g/mol. The van der Waals surface area contributed by atoms with Crippen LogP contribution in [-0.4, -0.2) is 38.3 Å². The van der Waals surface area contributed by atoms with Crippen molar-refractivity contribution in [3.05, 3.63) is 16.9 Å². The van der Waals surface area contributed by atoms with Crippen molar-refractivity contribution >= 4 is 27.6 Å². The van der Waals surface area contributed by atoms with Crippen molar-refractivity contribution in [3.63, 3.8) is 0 Å². The molecule has 0 bridgehead atoms. The van der Waals surface area contributed by atoms with E-state index in [1.807, 2.05) is 0 Å². The maximum absolute atomic E-state index is 12.7. The number of alkyl halides is 3. The van der Waals surface area contributed by atoms with Gasteiger partial charge in [-0.15, -0.1) is 0 Å². The van der Waals surface area contributed by atoms with Crippen LogP contribution in [0, 0.1) is 0 Å². The van der Waals surface area contributed by atoms with Gasteiger partial charge in [-0.25, -0.2) is 13.2 Å². The number of hydrogen-bond acceptors (Lipinski definition) is 4. The number of nitrogens with zero attached hydrogens (tertiary/aromatic N) is 1. The largest absolute Gasteiger partial charge is 0.464 e. The first-order chi connectivity index (χ1) is 9.95. The highest BCUT2D eigenvalue weighted by molar-refractivity contribution is 7.89. The molecule has 1 N–H and O–H groups in total. The third-order valence-electron chi connectivity index (χ3n) is 2.86. The van der Waals surface area contributed by atoms with Crippen LogP contribution in [0.5, 0.6) is 0 Å². The number of halogens is 4. The highest BCUT2D eigenvalue weighted by atomic mass is 35.5. The van der Waals surface area contributed by atoms with Gasteiger partial charge in [-0.2, -0.15) is 17.9 Å². The average Bonchev–Trinajstić information content (AvgIpc) is 2.70. The lowest BCUT2D eigenvalue weighted by Gasteiger charge is -2.19. The second-order valence-electron chi connectivity index (χ2n) is 4.38. The molecule has 1 atom stereocenters. The van der Waals surface area contributed by atoms with E-state index in [1.165, 1.54) is 18.7 Å². The first-order valence-electron chi connectivity index (χ1n) is 5.97. The maximum atomic E-state index is 12.7. The molecule has 0 unspecified atom stereocenters. The molecule has 1 rings (SSSR count). The minimum Gasteiger partial charge on any atom is -0.464 e. The van der Waals surface area contributed by atoms with Crippen LogP contribution in [0.2, 0.25) is 5.02 Å². The summed E-state index contributed by atoms with van der Waals surface area (Å²) in [4.78, 5) is 10.9. The molecule has 1 aromatic heterocycles. The van der Waals surface area contributed by atoms with Gasteiger partial charge >= 0.3 is 12.1 Å². The van der Waals surface area contributed by atoms with Crippen molar-refractivity contribution in [3.8, 4) is 0 Å².